The number of hydrogen-bond acceptors (Lipinski definition) is 3. The van der Waals surface area contributed by atoms with Gasteiger partial charge in [0.2, 0.25) is 0 Å². The fourth-order valence-electron chi connectivity index (χ4n) is 4.72. The van der Waals surface area contributed by atoms with E-state index in [0.717, 1.165) is 38.5 Å². The van der Waals surface area contributed by atoms with Gasteiger partial charge >= 0.3 is 5.97 Å². The Balaban J connectivity index is 1.55. The first-order valence-electron chi connectivity index (χ1n) is 12.7. The Kier molecular flexibility index (Phi) is 7.66. The lowest BCUT2D eigenvalue weighted by Gasteiger charge is -2.14. The Bertz CT molecular complexity index is 1790. The molecule has 5 rings (SSSR count). The van der Waals surface area contributed by atoms with Crippen molar-refractivity contribution in [1.82, 2.24) is 9.88 Å². The first-order valence-corrected chi connectivity index (χ1v) is 15.7. The SMILES string of the molecule is CP(C)(=O)c1cccc(-c2cc(C(=O)NCc3ccc(C(=O)O)cc3)c3c(ccn3Cc3cccc(Cl)c3)c2)c1. The Morgan fingerprint density at radius 1 is 0.875 bits per heavy atom. The van der Waals surface area contributed by atoms with E-state index in [2.05, 4.69) is 5.32 Å². The number of rotatable bonds is 8. The minimum absolute atomic E-state index is 0.189. The largest absolute Gasteiger partial charge is 0.478 e. The topological polar surface area (TPSA) is 88.4 Å². The first kappa shape index (κ1) is 27.4. The highest BCUT2D eigenvalue weighted by Gasteiger charge is 2.18. The summed E-state index contributed by atoms with van der Waals surface area (Å²) in [6, 6.07) is 27.6. The zero-order valence-electron chi connectivity index (χ0n) is 22.1. The van der Waals surface area contributed by atoms with Gasteiger partial charge in [-0.05, 0) is 84.1 Å². The van der Waals surface area contributed by atoms with Crippen LogP contribution in [0.25, 0.3) is 22.0 Å². The number of carboxylic acid groups (broad SMARTS) is 1. The highest BCUT2D eigenvalue weighted by molar-refractivity contribution is 7.70. The number of carbonyl (C=O) groups is 2. The van der Waals surface area contributed by atoms with Crippen LogP contribution in [0.15, 0.2) is 97.2 Å². The fraction of sp³-hybridized carbons (Fsp3) is 0.125. The van der Waals surface area contributed by atoms with E-state index in [-0.39, 0.29) is 18.0 Å². The number of fused-ring (bicyclic) bond motifs is 1. The Hall–Kier alpha value is -4.12. The van der Waals surface area contributed by atoms with Gasteiger partial charge in [0.05, 0.1) is 16.6 Å². The molecule has 40 heavy (non-hydrogen) atoms. The standard InChI is InChI=1S/C32H28ClN2O4P/c1-40(2,39)28-8-4-6-24(17-28)26-16-25-13-14-35(20-22-5-3-7-27(33)15-22)30(25)29(18-26)31(36)34-19-21-9-11-23(12-10-21)32(37)38/h3-18H,19-20H2,1-2H3,(H,34,36)(H,37,38). The monoisotopic (exact) mass is 570 g/mol. The number of aromatic nitrogens is 1. The predicted molar refractivity (Wildman–Crippen MR) is 162 cm³/mol. The van der Waals surface area contributed by atoms with Gasteiger partial charge in [0.15, 0.2) is 0 Å². The summed E-state index contributed by atoms with van der Waals surface area (Å²) in [7, 11) is -2.47. The zero-order valence-corrected chi connectivity index (χ0v) is 23.7. The van der Waals surface area contributed by atoms with E-state index in [4.69, 9.17) is 16.7 Å². The molecule has 0 bridgehead atoms. The van der Waals surface area contributed by atoms with E-state index in [9.17, 15) is 14.2 Å². The predicted octanol–water partition coefficient (Wildman–Crippen LogP) is 6.89. The van der Waals surface area contributed by atoms with Gasteiger partial charge in [-0.25, -0.2) is 4.79 Å². The molecule has 0 radical (unpaired) electrons. The van der Waals surface area contributed by atoms with Crippen LogP contribution in [0, 0.1) is 0 Å². The van der Waals surface area contributed by atoms with Gasteiger partial charge in [0, 0.05) is 35.0 Å². The Labute approximate surface area is 237 Å². The van der Waals surface area contributed by atoms with Gasteiger partial charge in [-0.1, -0.05) is 54.1 Å². The van der Waals surface area contributed by atoms with Crippen molar-refractivity contribution in [1.29, 1.82) is 0 Å². The number of carboxylic acids is 1. The number of benzene rings is 4. The van der Waals surface area contributed by atoms with Gasteiger partial charge in [0.1, 0.15) is 7.14 Å². The maximum atomic E-state index is 13.7. The number of aromatic carboxylic acids is 1. The fourth-order valence-corrected chi connectivity index (χ4v) is 5.82. The number of nitrogens with zero attached hydrogens (tertiary/aromatic N) is 1. The Morgan fingerprint density at radius 3 is 2.33 bits per heavy atom. The van der Waals surface area contributed by atoms with Crippen molar-refractivity contribution in [3.8, 4) is 11.1 Å². The van der Waals surface area contributed by atoms with Crippen molar-refractivity contribution >= 4 is 46.8 Å². The van der Waals surface area contributed by atoms with Gasteiger partial charge in [-0.3, -0.25) is 4.79 Å². The number of halogens is 1. The second-order valence-corrected chi connectivity index (χ2v) is 13.8. The quantitative estimate of drug-likeness (QED) is 0.199. The molecule has 1 heterocycles. The van der Waals surface area contributed by atoms with Crippen LogP contribution in [-0.4, -0.2) is 34.9 Å². The number of carbonyl (C=O) groups excluding carboxylic acids is 1. The molecule has 0 fully saturated rings. The molecule has 0 saturated heterocycles. The smallest absolute Gasteiger partial charge is 0.335 e. The first-order chi connectivity index (χ1) is 19.1. The van der Waals surface area contributed by atoms with Gasteiger partial charge in [-0.2, -0.15) is 0 Å². The van der Waals surface area contributed by atoms with Crippen molar-refractivity contribution < 1.29 is 19.3 Å². The molecule has 0 aliphatic heterocycles. The average Bonchev–Trinajstić information content (AvgIpc) is 3.33. The molecule has 8 heteroatoms. The zero-order chi connectivity index (χ0) is 28.4. The van der Waals surface area contributed by atoms with E-state index in [0.29, 0.717) is 17.1 Å². The maximum Gasteiger partial charge on any atom is 0.335 e. The van der Waals surface area contributed by atoms with E-state index >= 15 is 0 Å². The molecule has 6 nitrogen and oxygen atoms in total. The maximum absolute atomic E-state index is 13.7. The van der Waals surface area contributed by atoms with E-state index < -0.39 is 13.1 Å². The molecule has 0 spiro atoms. The summed E-state index contributed by atoms with van der Waals surface area (Å²) in [5, 5.41) is 14.5. The van der Waals surface area contributed by atoms with Gasteiger partial charge < -0.3 is 19.6 Å². The van der Waals surface area contributed by atoms with E-state index in [1.165, 1.54) is 12.1 Å². The highest BCUT2D eigenvalue weighted by atomic mass is 35.5. The lowest BCUT2D eigenvalue weighted by molar-refractivity contribution is 0.0696. The summed E-state index contributed by atoms with van der Waals surface area (Å²) < 4.78 is 14.8. The lowest BCUT2D eigenvalue weighted by atomic mass is 9.99. The molecule has 0 atom stereocenters. The van der Waals surface area contributed by atoms with Crippen molar-refractivity contribution in [2.45, 2.75) is 13.1 Å². The molecule has 2 N–H and O–H groups in total. The minimum atomic E-state index is -2.47. The van der Waals surface area contributed by atoms with Crippen LogP contribution in [0.4, 0.5) is 0 Å². The van der Waals surface area contributed by atoms with Gasteiger partial charge in [-0.15, -0.1) is 0 Å². The van der Waals surface area contributed by atoms with Crippen LogP contribution in [0.5, 0.6) is 0 Å². The van der Waals surface area contributed by atoms with Gasteiger partial charge in [0.25, 0.3) is 5.91 Å². The second-order valence-electron chi connectivity index (χ2n) is 10.1. The third-order valence-electron chi connectivity index (χ3n) is 6.80. The minimum Gasteiger partial charge on any atom is -0.478 e. The molecule has 0 aliphatic rings. The molecule has 0 unspecified atom stereocenters. The summed E-state index contributed by atoms with van der Waals surface area (Å²) in [6.07, 6.45) is 1.96. The average molecular weight is 571 g/mol. The summed E-state index contributed by atoms with van der Waals surface area (Å²) >= 11 is 6.22. The van der Waals surface area contributed by atoms with Crippen LogP contribution in [-0.2, 0) is 17.7 Å². The molecule has 5 aromatic rings. The van der Waals surface area contributed by atoms with E-state index in [1.807, 2.05) is 77.5 Å². The number of amides is 1. The van der Waals surface area contributed by atoms with Crippen LogP contribution < -0.4 is 10.6 Å². The molecule has 202 valence electrons. The van der Waals surface area contributed by atoms with Crippen molar-refractivity contribution in [2.24, 2.45) is 0 Å². The van der Waals surface area contributed by atoms with Crippen molar-refractivity contribution in [3.05, 3.63) is 124 Å². The Morgan fingerprint density at radius 2 is 1.62 bits per heavy atom. The highest BCUT2D eigenvalue weighted by Crippen LogP contribution is 2.36. The summed E-state index contributed by atoms with van der Waals surface area (Å²) in [5.41, 5.74) is 5.00. The lowest BCUT2D eigenvalue weighted by Crippen LogP contribution is -2.23. The number of hydrogen-bond donors (Lipinski definition) is 2. The van der Waals surface area contributed by atoms with Crippen molar-refractivity contribution in [2.75, 3.05) is 13.3 Å². The molecular weight excluding hydrogens is 543 g/mol. The molecule has 1 aromatic heterocycles. The second kappa shape index (κ2) is 11.2. The third-order valence-corrected chi connectivity index (χ3v) is 8.56. The summed E-state index contributed by atoms with van der Waals surface area (Å²) in [4.78, 5) is 24.9. The molecule has 4 aromatic carbocycles. The van der Waals surface area contributed by atoms with Crippen LogP contribution in [0.3, 0.4) is 0 Å². The van der Waals surface area contributed by atoms with Crippen LogP contribution in [0.1, 0.15) is 31.8 Å². The third kappa shape index (κ3) is 6.04. The van der Waals surface area contributed by atoms with Crippen LogP contribution >= 0.6 is 18.7 Å². The summed E-state index contributed by atoms with van der Waals surface area (Å²) in [5.74, 6) is -1.25. The number of nitrogens with one attached hydrogen (secondary N) is 1. The molecular formula is C32H28ClN2O4P. The molecule has 1 amide bonds. The van der Waals surface area contributed by atoms with Crippen LogP contribution in [0.2, 0.25) is 5.02 Å². The van der Waals surface area contributed by atoms with E-state index in [1.54, 1.807) is 25.5 Å². The normalized spacial score (nSPS) is 11.5. The summed E-state index contributed by atoms with van der Waals surface area (Å²) in [6.45, 7) is 4.26. The molecule has 0 aliphatic carbocycles. The molecule has 0 saturated carbocycles. The van der Waals surface area contributed by atoms with Crippen molar-refractivity contribution in [3.63, 3.8) is 0 Å².